The van der Waals surface area contributed by atoms with Crippen LogP contribution in [0.1, 0.15) is 11.3 Å². The minimum absolute atomic E-state index is 0.0426. The summed E-state index contributed by atoms with van der Waals surface area (Å²) in [5.74, 6) is 0.199. The molecule has 0 radical (unpaired) electrons. The van der Waals surface area contributed by atoms with Crippen molar-refractivity contribution >= 4 is 33.6 Å². The van der Waals surface area contributed by atoms with Gasteiger partial charge in [-0.25, -0.2) is 0 Å². The molecule has 0 atom stereocenters. The molecule has 0 bridgehead atoms. The first kappa shape index (κ1) is 16.8. The van der Waals surface area contributed by atoms with E-state index in [-0.39, 0.29) is 12.1 Å². The lowest BCUT2D eigenvalue weighted by atomic mass is 10.1. The molecule has 0 spiro atoms. The summed E-state index contributed by atoms with van der Waals surface area (Å²) < 4.78 is 6.03. The third-order valence-electron chi connectivity index (χ3n) is 3.13. The van der Waals surface area contributed by atoms with Crippen molar-refractivity contribution in [1.29, 1.82) is 5.26 Å². The fourth-order valence-electron chi connectivity index (χ4n) is 1.97. The maximum atomic E-state index is 12.1. The highest BCUT2D eigenvalue weighted by Gasteiger charge is 2.10. The van der Waals surface area contributed by atoms with E-state index in [1.165, 1.54) is 6.26 Å². The van der Waals surface area contributed by atoms with Crippen molar-refractivity contribution in [1.82, 2.24) is 5.32 Å². The van der Waals surface area contributed by atoms with Crippen molar-refractivity contribution in [2.24, 2.45) is 0 Å². The minimum atomic E-state index is -0.434. The minimum Gasteiger partial charge on any atom is -0.467 e. The zero-order valence-electron chi connectivity index (χ0n) is 12.8. The molecule has 2 aromatic rings. The van der Waals surface area contributed by atoms with E-state index in [9.17, 15) is 10.1 Å². The van der Waals surface area contributed by atoms with Gasteiger partial charge in [0.05, 0.1) is 18.5 Å². The van der Waals surface area contributed by atoms with Crippen molar-refractivity contribution in [3.8, 4) is 6.07 Å². The van der Waals surface area contributed by atoms with Gasteiger partial charge in [-0.2, -0.15) is 5.26 Å². The lowest BCUT2D eigenvalue weighted by Gasteiger charge is -2.14. The average molecular weight is 374 g/mol. The molecule has 1 N–H and O–H groups in total. The normalized spacial score (nSPS) is 11.0. The topological polar surface area (TPSA) is 69.3 Å². The van der Waals surface area contributed by atoms with Gasteiger partial charge < -0.3 is 14.6 Å². The summed E-state index contributed by atoms with van der Waals surface area (Å²) in [5, 5.41) is 11.9. The quantitative estimate of drug-likeness (QED) is 0.644. The Kier molecular flexibility index (Phi) is 5.61. The fourth-order valence-corrected chi connectivity index (χ4v) is 2.72. The first-order valence-electron chi connectivity index (χ1n) is 6.90. The number of halogens is 1. The number of carbonyl (C=O) groups is 1. The largest absolute Gasteiger partial charge is 0.467 e. The number of hydrogen-bond acceptors (Lipinski definition) is 4. The number of amides is 1. The number of anilines is 1. The lowest BCUT2D eigenvalue weighted by molar-refractivity contribution is -0.117. The molecule has 1 aromatic carbocycles. The molecule has 5 nitrogen and oxygen atoms in total. The van der Waals surface area contributed by atoms with Crippen LogP contribution in [0, 0.1) is 11.3 Å². The van der Waals surface area contributed by atoms with Crippen molar-refractivity contribution < 1.29 is 9.21 Å². The number of nitrogens with zero attached hydrogens (tertiary/aromatic N) is 2. The lowest BCUT2D eigenvalue weighted by Crippen LogP contribution is -2.23. The van der Waals surface area contributed by atoms with Crippen LogP contribution in [-0.2, 0) is 11.3 Å². The van der Waals surface area contributed by atoms with Gasteiger partial charge in [0, 0.05) is 18.6 Å². The predicted molar refractivity (Wildman–Crippen MR) is 92.6 cm³/mol. The van der Waals surface area contributed by atoms with E-state index < -0.39 is 5.91 Å². The number of nitriles is 1. The molecule has 118 valence electrons. The summed E-state index contributed by atoms with van der Waals surface area (Å²) in [5.41, 5.74) is 1.83. The molecule has 0 saturated carbocycles. The summed E-state index contributed by atoms with van der Waals surface area (Å²) >= 11 is 3.49. The van der Waals surface area contributed by atoms with E-state index in [4.69, 9.17) is 4.42 Å². The first-order chi connectivity index (χ1) is 11.0. The van der Waals surface area contributed by atoms with E-state index in [2.05, 4.69) is 21.2 Å². The summed E-state index contributed by atoms with van der Waals surface area (Å²) in [7, 11) is 3.89. The van der Waals surface area contributed by atoms with Gasteiger partial charge in [-0.3, -0.25) is 4.79 Å². The molecule has 0 unspecified atom stereocenters. The molecular formula is C17H16BrN3O2. The first-order valence-corrected chi connectivity index (χ1v) is 7.70. The van der Waals surface area contributed by atoms with Crippen molar-refractivity contribution in [3.05, 3.63) is 58.0 Å². The Hall–Kier alpha value is -2.52. The molecule has 0 saturated heterocycles. The van der Waals surface area contributed by atoms with E-state index in [0.29, 0.717) is 5.76 Å². The van der Waals surface area contributed by atoms with Gasteiger partial charge in [0.2, 0.25) is 0 Å². The van der Waals surface area contributed by atoms with E-state index in [0.717, 1.165) is 15.7 Å². The Balaban J connectivity index is 2.13. The molecule has 1 aromatic heterocycles. The maximum Gasteiger partial charge on any atom is 0.262 e. The average Bonchev–Trinajstić information content (AvgIpc) is 3.03. The van der Waals surface area contributed by atoms with Crippen molar-refractivity contribution in [2.75, 3.05) is 19.0 Å². The Morgan fingerprint density at radius 1 is 1.43 bits per heavy atom. The van der Waals surface area contributed by atoms with E-state index in [1.54, 1.807) is 18.2 Å². The second-order valence-corrected chi connectivity index (χ2v) is 5.89. The van der Waals surface area contributed by atoms with Crippen LogP contribution < -0.4 is 10.2 Å². The maximum absolute atomic E-state index is 12.1. The van der Waals surface area contributed by atoms with E-state index >= 15 is 0 Å². The van der Waals surface area contributed by atoms with Gasteiger partial charge in [0.15, 0.2) is 0 Å². The van der Waals surface area contributed by atoms with Crippen molar-refractivity contribution in [3.63, 3.8) is 0 Å². The van der Waals surface area contributed by atoms with Crippen LogP contribution in [0.4, 0.5) is 5.69 Å². The van der Waals surface area contributed by atoms with Gasteiger partial charge in [-0.15, -0.1) is 0 Å². The van der Waals surface area contributed by atoms with Gasteiger partial charge in [-0.05, 0) is 51.8 Å². The summed E-state index contributed by atoms with van der Waals surface area (Å²) in [4.78, 5) is 14.0. The molecule has 6 heteroatoms. The number of hydrogen-bond donors (Lipinski definition) is 1. The Labute approximate surface area is 143 Å². The zero-order valence-corrected chi connectivity index (χ0v) is 14.4. The highest BCUT2D eigenvalue weighted by molar-refractivity contribution is 9.10. The molecule has 2 rings (SSSR count). The Morgan fingerprint density at radius 3 is 2.78 bits per heavy atom. The molecule has 0 fully saturated rings. The van der Waals surface area contributed by atoms with Crippen LogP contribution in [0.15, 0.2) is 51.1 Å². The van der Waals surface area contributed by atoms with Gasteiger partial charge in [0.25, 0.3) is 5.91 Å². The van der Waals surface area contributed by atoms with Crippen LogP contribution in [0.25, 0.3) is 6.08 Å². The van der Waals surface area contributed by atoms with Crippen LogP contribution >= 0.6 is 15.9 Å². The van der Waals surface area contributed by atoms with Gasteiger partial charge in [0.1, 0.15) is 17.4 Å². The second kappa shape index (κ2) is 7.65. The summed E-state index contributed by atoms with van der Waals surface area (Å²) in [6.07, 6.45) is 3.09. The van der Waals surface area contributed by atoms with Crippen LogP contribution in [0.5, 0.6) is 0 Å². The summed E-state index contributed by atoms with van der Waals surface area (Å²) in [6, 6.07) is 11.1. The smallest absolute Gasteiger partial charge is 0.262 e. The molecule has 0 aliphatic rings. The standard InChI is InChI=1S/C17H16BrN3O2/c1-21(2)16-6-5-12(9-15(16)18)8-13(10-19)17(22)20-11-14-4-3-7-23-14/h3-9H,11H2,1-2H3,(H,20,22)/b13-8-. The Morgan fingerprint density at radius 2 is 2.22 bits per heavy atom. The van der Waals surface area contributed by atoms with Crippen LogP contribution in [0.2, 0.25) is 0 Å². The van der Waals surface area contributed by atoms with Crippen molar-refractivity contribution in [2.45, 2.75) is 6.54 Å². The molecule has 1 heterocycles. The molecule has 0 aliphatic heterocycles. The molecule has 0 aliphatic carbocycles. The van der Waals surface area contributed by atoms with E-state index in [1.807, 2.05) is 43.3 Å². The highest BCUT2D eigenvalue weighted by Crippen LogP contribution is 2.26. The number of carbonyl (C=O) groups excluding carboxylic acids is 1. The van der Waals surface area contributed by atoms with Crippen LogP contribution in [-0.4, -0.2) is 20.0 Å². The monoisotopic (exact) mass is 373 g/mol. The third-order valence-corrected chi connectivity index (χ3v) is 3.77. The second-order valence-electron chi connectivity index (χ2n) is 5.04. The number of nitrogens with one attached hydrogen (secondary N) is 1. The predicted octanol–water partition coefficient (Wildman–Crippen LogP) is 3.33. The SMILES string of the molecule is CN(C)c1ccc(/C=C(/C#N)C(=O)NCc2ccco2)cc1Br. The molecular weight excluding hydrogens is 358 g/mol. The van der Waals surface area contributed by atoms with Gasteiger partial charge >= 0.3 is 0 Å². The number of benzene rings is 1. The van der Waals surface area contributed by atoms with Crippen LogP contribution in [0.3, 0.4) is 0 Å². The summed E-state index contributed by atoms with van der Waals surface area (Å²) in [6.45, 7) is 0.244. The Bertz CT molecular complexity index is 759. The van der Waals surface area contributed by atoms with Gasteiger partial charge in [-0.1, -0.05) is 6.07 Å². The highest BCUT2D eigenvalue weighted by atomic mass is 79.9. The number of furan rings is 1. The molecule has 23 heavy (non-hydrogen) atoms. The molecule has 1 amide bonds. The fraction of sp³-hybridized carbons (Fsp3) is 0.176. The number of rotatable bonds is 5. The third kappa shape index (κ3) is 4.47. The zero-order chi connectivity index (χ0) is 16.8.